The van der Waals surface area contributed by atoms with Gasteiger partial charge in [-0.2, -0.15) is 5.10 Å². The average molecular weight is 384 g/mol. The third-order valence-electron chi connectivity index (χ3n) is 4.31. The number of amides is 2. The average Bonchev–Trinajstić information content (AvgIpc) is 2.90. The zero-order valence-corrected chi connectivity index (χ0v) is 15.2. The van der Waals surface area contributed by atoms with Crippen LogP contribution in [0.3, 0.4) is 0 Å². The van der Waals surface area contributed by atoms with Crippen LogP contribution in [0.5, 0.6) is 0 Å². The van der Waals surface area contributed by atoms with Crippen LogP contribution in [0.2, 0.25) is 5.02 Å². The molecule has 2 amide bonds. The summed E-state index contributed by atoms with van der Waals surface area (Å²) < 4.78 is 23.3. The molecule has 2 aliphatic heterocycles. The van der Waals surface area contributed by atoms with E-state index in [2.05, 4.69) is 10.4 Å². The lowest BCUT2D eigenvalue weighted by molar-refractivity contribution is -0.133. The maximum absolute atomic E-state index is 12.5. The molecule has 9 heteroatoms. The number of sulfone groups is 1. The zero-order chi connectivity index (χ0) is 18.2. The summed E-state index contributed by atoms with van der Waals surface area (Å²) in [5.41, 5.74) is 1.65. The van der Waals surface area contributed by atoms with Gasteiger partial charge in [-0.25, -0.2) is 13.4 Å². The standard InChI is InChI=1S/C16H18ClN3O4S/c1-10-8-11(17)2-3-13(10)18-16(22)14-4-5-15(21)20(19-14)12-6-7-25(23,24)9-12/h2-3,8,12H,4-7,9H2,1H3,(H,18,22). The van der Waals surface area contributed by atoms with Crippen molar-refractivity contribution in [1.29, 1.82) is 0 Å². The molecule has 0 aliphatic carbocycles. The minimum Gasteiger partial charge on any atom is -0.321 e. The van der Waals surface area contributed by atoms with Gasteiger partial charge in [0.1, 0.15) is 5.71 Å². The van der Waals surface area contributed by atoms with E-state index in [1.165, 1.54) is 5.01 Å². The van der Waals surface area contributed by atoms with E-state index in [-0.39, 0.29) is 36.0 Å². The summed E-state index contributed by atoms with van der Waals surface area (Å²) in [6.07, 6.45) is 0.721. The summed E-state index contributed by atoms with van der Waals surface area (Å²) in [5, 5.41) is 8.67. The van der Waals surface area contributed by atoms with Gasteiger partial charge in [-0.3, -0.25) is 9.59 Å². The Balaban J connectivity index is 1.77. The van der Waals surface area contributed by atoms with Crippen LogP contribution < -0.4 is 5.32 Å². The van der Waals surface area contributed by atoms with Crippen molar-refractivity contribution in [2.24, 2.45) is 5.10 Å². The number of hydrogen-bond donors (Lipinski definition) is 1. The Morgan fingerprint density at radius 1 is 1.36 bits per heavy atom. The van der Waals surface area contributed by atoms with Crippen molar-refractivity contribution in [2.45, 2.75) is 32.2 Å². The Morgan fingerprint density at radius 3 is 2.76 bits per heavy atom. The number of rotatable bonds is 3. The first-order chi connectivity index (χ1) is 11.7. The van der Waals surface area contributed by atoms with Crippen LogP contribution >= 0.6 is 11.6 Å². The second-order valence-corrected chi connectivity index (χ2v) is 8.92. The van der Waals surface area contributed by atoms with Gasteiger partial charge in [0.2, 0.25) is 5.91 Å². The molecular weight excluding hydrogens is 366 g/mol. The molecule has 0 radical (unpaired) electrons. The molecule has 0 spiro atoms. The summed E-state index contributed by atoms with van der Waals surface area (Å²) >= 11 is 5.90. The predicted octanol–water partition coefficient (Wildman–Crippen LogP) is 1.75. The first kappa shape index (κ1) is 17.9. The molecule has 1 atom stereocenters. The molecule has 0 aromatic heterocycles. The van der Waals surface area contributed by atoms with Crippen molar-refractivity contribution < 1.29 is 18.0 Å². The van der Waals surface area contributed by atoms with Crippen LogP contribution in [0.4, 0.5) is 5.69 Å². The molecule has 134 valence electrons. The molecule has 1 saturated heterocycles. The zero-order valence-electron chi connectivity index (χ0n) is 13.7. The summed E-state index contributed by atoms with van der Waals surface area (Å²) in [6, 6.07) is 4.62. The number of carbonyl (C=O) groups is 2. The molecule has 1 unspecified atom stereocenters. The van der Waals surface area contributed by atoms with Crippen molar-refractivity contribution in [2.75, 3.05) is 16.8 Å². The number of hydrazone groups is 1. The van der Waals surface area contributed by atoms with Gasteiger partial charge in [0.15, 0.2) is 9.84 Å². The second kappa shape index (κ2) is 6.76. The monoisotopic (exact) mass is 383 g/mol. The van der Waals surface area contributed by atoms with E-state index in [1.54, 1.807) is 18.2 Å². The van der Waals surface area contributed by atoms with Crippen LogP contribution in [0.1, 0.15) is 24.8 Å². The van der Waals surface area contributed by atoms with Gasteiger partial charge < -0.3 is 5.32 Å². The van der Waals surface area contributed by atoms with E-state index in [4.69, 9.17) is 11.6 Å². The van der Waals surface area contributed by atoms with Gasteiger partial charge in [-0.05, 0) is 37.1 Å². The van der Waals surface area contributed by atoms with Crippen LogP contribution in [0.25, 0.3) is 0 Å². The third kappa shape index (κ3) is 4.01. The third-order valence-corrected chi connectivity index (χ3v) is 6.30. The van der Waals surface area contributed by atoms with E-state index in [0.717, 1.165) is 5.56 Å². The van der Waals surface area contributed by atoms with Gasteiger partial charge in [-0.15, -0.1) is 0 Å². The van der Waals surface area contributed by atoms with E-state index < -0.39 is 21.8 Å². The highest BCUT2D eigenvalue weighted by molar-refractivity contribution is 7.91. The molecule has 2 heterocycles. The molecule has 2 aliphatic rings. The van der Waals surface area contributed by atoms with E-state index in [9.17, 15) is 18.0 Å². The fraction of sp³-hybridized carbons (Fsp3) is 0.438. The van der Waals surface area contributed by atoms with Crippen molar-refractivity contribution in [3.8, 4) is 0 Å². The molecule has 1 aromatic carbocycles. The van der Waals surface area contributed by atoms with Crippen molar-refractivity contribution in [1.82, 2.24) is 5.01 Å². The number of carbonyl (C=O) groups excluding carboxylic acids is 2. The molecule has 7 nitrogen and oxygen atoms in total. The molecule has 1 aromatic rings. The highest BCUT2D eigenvalue weighted by atomic mass is 35.5. The van der Waals surface area contributed by atoms with Crippen molar-refractivity contribution in [3.63, 3.8) is 0 Å². The lowest BCUT2D eigenvalue weighted by Gasteiger charge is -2.27. The fourth-order valence-corrected chi connectivity index (χ4v) is 4.87. The van der Waals surface area contributed by atoms with Gasteiger partial charge in [0.05, 0.1) is 17.5 Å². The van der Waals surface area contributed by atoms with Crippen molar-refractivity contribution in [3.05, 3.63) is 28.8 Å². The molecule has 3 rings (SSSR count). The number of nitrogens with zero attached hydrogens (tertiary/aromatic N) is 2. The number of benzene rings is 1. The Kier molecular flexibility index (Phi) is 4.83. The number of aryl methyl sites for hydroxylation is 1. The van der Waals surface area contributed by atoms with Crippen LogP contribution in [-0.2, 0) is 19.4 Å². The molecule has 1 fully saturated rings. The largest absolute Gasteiger partial charge is 0.321 e. The maximum Gasteiger partial charge on any atom is 0.271 e. The highest BCUT2D eigenvalue weighted by Gasteiger charge is 2.37. The number of nitrogens with one attached hydrogen (secondary N) is 1. The fourth-order valence-electron chi connectivity index (χ4n) is 2.95. The van der Waals surface area contributed by atoms with Gasteiger partial charge >= 0.3 is 0 Å². The first-order valence-corrected chi connectivity index (χ1v) is 10.1. The summed E-state index contributed by atoms with van der Waals surface area (Å²) in [4.78, 5) is 24.6. The Morgan fingerprint density at radius 2 is 2.12 bits per heavy atom. The van der Waals surface area contributed by atoms with Crippen LogP contribution in [0, 0.1) is 6.92 Å². The minimum atomic E-state index is -3.14. The van der Waals surface area contributed by atoms with Crippen LogP contribution in [-0.4, -0.2) is 48.5 Å². The summed E-state index contributed by atoms with van der Waals surface area (Å²) in [6.45, 7) is 1.82. The lowest BCUT2D eigenvalue weighted by atomic mass is 10.1. The predicted molar refractivity (Wildman–Crippen MR) is 95.4 cm³/mol. The number of anilines is 1. The molecule has 0 bridgehead atoms. The van der Waals surface area contributed by atoms with Gasteiger partial charge in [-0.1, -0.05) is 11.6 Å². The number of halogens is 1. The Hall–Kier alpha value is -1.93. The van der Waals surface area contributed by atoms with E-state index >= 15 is 0 Å². The minimum absolute atomic E-state index is 0.0441. The summed E-state index contributed by atoms with van der Waals surface area (Å²) in [7, 11) is -3.14. The SMILES string of the molecule is Cc1cc(Cl)ccc1NC(=O)C1=NN(C2CCS(=O)(=O)C2)C(=O)CC1. The highest BCUT2D eigenvalue weighted by Crippen LogP contribution is 2.23. The van der Waals surface area contributed by atoms with Crippen LogP contribution in [0.15, 0.2) is 23.3 Å². The Labute approximate surface area is 150 Å². The van der Waals surface area contributed by atoms with E-state index in [1.807, 2.05) is 6.92 Å². The second-order valence-electron chi connectivity index (χ2n) is 6.26. The molecule has 1 N–H and O–H groups in total. The van der Waals surface area contributed by atoms with Gasteiger partial charge in [0.25, 0.3) is 5.91 Å². The topological polar surface area (TPSA) is 95.9 Å². The van der Waals surface area contributed by atoms with E-state index in [0.29, 0.717) is 17.1 Å². The molecule has 25 heavy (non-hydrogen) atoms. The summed E-state index contributed by atoms with van der Waals surface area (Å²) in [5.74, 6) is -0.708. The maximum atomic E-state index is 12.5. The smallest absolute Gasteiger partial charge is 0.271 e. The molecular formula is C16H18ClN3O4S. The first-order valence-electron chi connectivity index (χ1n) is 7.92. The molecule has 0 saturated carbocycles. The lowest BCUT2D eigenvalue weighted by Crippen LogP contribution is -2.42. The Bertz CT molecular complexity index is 866. The van der Waals surface area contributed by atoms with Gasteiger partial charge in [0, 0.05) is 23.6 Å². The number of hydrogen-bond acceptors (Lipinski definition) is 5. The quantitative estimate of drug-likeness (QED) is 0.860. The van der Waals surface area contributed by atoms with Crippen molar-refractivity contribution >= 4 is 44.7 Å². The normalized spacial score (nSPS) is 22.6.